The van der Waals surface area contributed by atoms with Gasteiger partial charge in [-0.05, 0) is 45.4 Å². The van der Waals surface area contributed by atoms with E-state index in [1.165, 1.54) is 6.07 Å². The molecular weight excluding hydrogens is 236 g/mol. The van der Waals surface area contributed by atoms with Crippen molar-refractivity contribution >= 4 is 0 Å². The van der Waals surface area contributed by atoms with Gasteiger partial charge in [-0.25, -0.2) is 8.78 Å². The van der Waals surface area contributed by atoms with Crippen LogP contribution in [0.2, 0.25) is 0 Å². The van der Waals surface area contributed by atoms with Crippen LogP contribution in [0.15, 0.2) is 18.2 Å². The number of rotatable bonds is 5. The lowest BCUT2D eigenvalue weighted by Crippen LogP contribution is -2.46. The lowest BCUT2D eigenvalue weighted by Gasteiger charge is -2.33. The highest BCUT2D eigenvalue weighted by molar-refractivity contribution is 5.21. The van der Waals surface area contributed by atoms with Crippen LogP contribution < -0.4 is 5.32 Å². The van der Waals surface area contributed by atoms with Crippen molar-refractivity contribution in [2.45, 2.75) is 45.4 Å². The molecule has 4 heteroatoms. The summed E-state index contributed by atoms with van der Waals surface area (Å²) >= 11 is 0. The smallest absolute Gasteiger partial charge is 0.159 e. The predicted octanol–water partition coefficient (Wildman–Crippen LogP) is 3.43. The third kappa shape index (κ3) is 3.50. The highest BCUT2D eigenvalue weighted by Gasteiger charge is 2.26. The molecule has 1 rings (SSSR count). The summed E-state index contributed by atoms with van der Waals surface area (Å²) in [7, 11) is 1.65. The van der Waals surface area contributed by atoms with E-state index in [4.69, 9.17) is 4.74 Å². The average Bonchev–Trinajstić information content (AvgIpc) is 2.32. The quantitative estimate of drug-likeness (QED) is 0.872. The van der Waals surface area contributed by atoms with Crippen LogP contribution in [0.25, 0.3) is 0 Å². The summed E-state index contributed by atoms with van der Waals surface area (Å²) in [5.41, 5.74) is 0.389. The first-order chi connectivity index (χ1) is 8.27. The topological polar surface area (TPSA) is 21.3 Å². The van der Waals surface area contributed by atoms with Crippen molar-refractivity contribution in [1.82, 2.24) is 5.32 Å². The van der Waals surface area contributed by atoms with Gasteiger partial charge >= 0.3 is 0 Å². The zero-order valence-electron chi connectivity index (χ0n) is 11.6. The van der Waals surface area contributed by atoms with E-state index in [1.807, 2.05) is 27.7 Å². The summed E-state index contributed by atoms with van der Waals surface area (Å²) in [6, 6.07) is 3.95. The van der Waals surface area contributed by atoms with E-state index in [-0.39, 0.29) is 17.7 Å². The van der Waals surface area contributed by atoms with E-state index in [2.05, 4.69) is 5.32 Å². The van der Waals surface area contributed by atoms with Crippen molar-refractivity contribution in [1.29, 1.82) is 0 Å². The molecule has 18 heavy (non-hydrogen) atoms. The Morgan fingerprint density at radius 2 is 1.78 bits per heavy atom. The predicted molar refractivity (Wildman–Crippen MR) is 68.5 cm³/mol. The number of nitrogens with one attached hydrogen (secondary N) is 1. The number of methoxy groups -OCH3 is 1. The minimum absolute atomic E-state index is 0.0746. The Morgan fingerprint density at radius 3 is 2.28 bits per heavy atom. The minimum Gasteiger partial charge on any atom is -0.377 e. The Hall–Kier alpha value is -1.00. The molecular formula is C14H21F2NO. The van der Waals surface area contributed by atoms with Gasteiger partial charge in [-0.1, -0.05) is 6.07 Å². The Kier molecular flexibility index (Phi) is 4.82. The maximum absolute atomic E-state index is 13.1. The molecule has 0 bridgehead atoms. The van der Waals surface area contributed by atoms with E-state index in [9.17, 15) is 8.78 Å². The Labute approximate surface area is 107 Å². The molecule has 1 aromatic carbocycles. The standard InChI is InChI=1S/C14H21F2NO/c1-9(17-10(2)14(3,4)18-5)11-6-7-12(15)13(16)8-11/h6-10,17H,1-5H3. The van der Waals surface area contributed by atoms with Crippen LogP contribution in [0, 0.1) is 11.6 Å². The molecule has 0 aromatic heterocycles. The zero-order valence-corrected chi connectivity index (χ0v) is 11.6. The number of halogens is 2. The lowest BCUT2D eigenvalue weighted by molar-refractivity contribution is -0.00765. The molecule has 0 aliphatic rings. The number of hydrogen-bond donors (Lipinski definition) is 1. The van der Waals surface area contributed by atoms with Gasteiger partial charge in [0, 0.05) is 19.2 Å². The van der Waals surface area contributed by atoms with Crippen molar-refractivity contribution in [3.05, 3.63) is 35.4 Å². The molecule has 1 N–H and O–H groups in total. The number of ether oxygens (including phenoxy) is 1. The second-order valence-corrected chi connectivity index (χ2v) is 5.09. The summed E-state index contributed by atoms with van der Waals surface area (Å²) in [5, 5.41) is 3.32. The fraction of sp³-hybridized carbons (Fsp3) is 0.571. The van der Waals surface area contributed by atoms with E-state index in [0.717, 1.165) is 6.07 Å². The van der Waals surface area contributed by atoms with Gasteiger partial charge in [-0.2, -0.15) is 0 Å². The zero-order chi connectivity index (χ0) is 13.9. The molecule has 0 radical (unpaired) electrons. The van der Waals surface area contributed by atoms with Crippen LogP contribution in [-0.2, 0) is 4.74 Å². The molecule has 0 fully saturated rings. The van der Waals surface area contributed by atoms with E-state index >= 15 is 0 Å². The number of hydrogen-bond acceptors (Lipinski definition) is 2. The second-order valence-electron chi connectivity index (χ2n) is 5.09. The fourth-order valence-corrected chi connectivity index (χ4v) is 1.63. The highest BCUT2D eigenvalue weighted by atomic mass is 19.2. The molecule has 0 spiro atoms. The fourth-order valence-electron chi connectivity index (χ4n) is 1.63. The van der Waals surface area contributed by atoms with Gasteiger partial charge < -0.3 is 10.1 Å². The first kappa shape index (κ1) is 15.1. The molecule has 2 nitrogen and oxygen atoms in total. The van der Waals surface area contributed by atoms with Gasteiger partial charge in [-0.15, -0.1) is 0 Å². The van der Waals surface area contributed by atoms with E-state index in [1.54, 1.807) is 13.2 Å². The molecule has 0 saturated carbocycles. The van der Waals surface area contributed by atoms with Crippen molar-refractivity contribution in [3.8, 4) is 0 Å². The van der Waals surface area contributed by atoms with E-state index in [0.29, 0.717) is 5.56 Å². The first-order valence-electron chi connectivity index (χ1n) is 6.04. The lowest BCUT2D eigenvalue weighted by atomic mass is 9.98. The van der Waals surface area contributed by atoms with Crippen LogP contribution >= 0.6 is 0 Å². The normalized spacial score (nSPS) is 15.5. The van der Waals surface area contributed by atoms with Gasteiger partial charge in [0.2, 0.25) is 0 Å². The van der Waals surface area contributed by atoms with Gasteiger partial charge in [-0.3, -0.25) is 0 Å². The van der Waals surface area contributed by atoms with Crippen molar-refractivity contribution in [3.63, 3.8) is 0 Å². The second kappa shape index (κ2) is 5.76. The molecule has 0 aliphatic carbocycles. The molecule has 1 aromatic rings. The number of benzene rings is 1. The molecule has 2 unspecified atom stereocenters. The summed E-state index contributed by atoms with van der Waals surface area (Å²) < 4.78 is 31.4. The van der Waals surface area contributed by atoms with Gasteiger partial charge in [0.05, 0.1) is 5.60 Å². The molecule has 0 aliphatic heterocycles. The minimum atomic E-state index is -0.823. The molecule has 102 valence electrons. The van der Waals surface area contributed by atoms with E-state index < -0.39 is 11.6 Å². The SMILES string of the molecule is COC(C)(C)C(C)NC(C)c1ccc(F)c(F)c1. The van der Waals surface area contributed by atoms with Gasteiger partial charge in [0.15, 0.2) is 11.6 Å². The van der Waals surface area contributed by atoms with Crippen LogP contribution in [0.3, 0.4) is 0 Å². The molecule has 0 saturated heterocycles. The monoisotopic (exact) mass is 257 g/mol. The maximum atomic E-state index is 13.1. The third-order valence-corrected chi connectivity index (χ3v) is 3.51. The van der Waals surface area contributed by atoms with Crippen molar-refractivity contribution < 1.29 is 13.5 Å². The molecule has 2 atom stereocenters. The molecule has 0 amide bonds. The third-order valence-electron chi connectivity index (χ3n) is 3.51. The summed E-state index contributed by atoms with van der Waals surface area (Å²) in [4.78, 5) is 0. The Morgan fingerprint density at radius 1 is 1.17 bits per heavy atom. The van der Waals surface area contributed by atoms with Crippen LogP contribution in [0.5, 0.6) is 0 Å². The average molecular weight is 257 g/mol. The first-order valence-corrected chi connectivity index (χ1v) is 6.04. The van der Waals surface area contributed by atoms with Crippen molar-refractivity contribution in [2.75, 3.05) is 7.11 Å². The summed E-state index contributed by atoms with van der Waals surface area (Å²) in [6.45, 7) is 7.86. The maximum Gasteiger partial charge on any atom is 0.159 e. The van der Waals surface area contributed by atoms with Crippen LogP contribution in [0.4, 0.5) is 8.78 Å². The highest BCUT2D eigenvalue weighted by Crippen LogP contribution is 2.20. The summed E-state index contributed by atoms with van der Waals surface area (Å²) in [6.07, 6.45) is 0. The van der Waals surface area contributed by atoms with Gasteiger partial charge in [0.25, 0.3) is 0 Å². The van der Waals surface area contributed by atoms with Crippen molar-refractivity contribution in [2.24, 2.45) is 0 Å². The van der Waals surface area contributed by atoms with Crippen LogP contribution in [-0.4, -0.2) is 18.8 Å². The van der Waals surface area contributed by atoms with Crippen LogP contribution in [0.1, 0.15) is 39.3 Å². The Bertz CT molecular complexity index is 407. The Balaban J connectivity index is 2.76. The summed E-state index contributed by atoms with van der Waals surface area (Å²) in [5.74, 6) is -1.64. The van der Waals surface area contributed by atoms with Gasteiger partial charge in [0.1, 0.15) is 0 Å². The largest absolute Gasteiger partial charge is 0.377 e. The molecule has 0 heterocycles.